The van der Waals surface area contributed by atoms with E-state index in [1.54, 1.807) is 0 Å². The lowest BCUT2D eigenvalue weighted by Gasteiger charge is -2.10. The van der Waals surface area contributed by atoms with Crippen LogP contribution < -0.4 is 4.74 Å². The van der Waals surface area contributed by atoms with E-state index >= 15 is 0 Å². The van der Waals surface area contributed by atoms with Crippen LogP contribution in [0.2, 0.25) is 0 Å². The van der Waals surface area contributed by atoms with Crippen molar-refractivity contribution in [2.45, 2.75) is 6.61 Å². The van der Waals surface area contributed by atoms with Crippen LogP contribution in [0.1, 0.15) is 15.9 Å². The van der Waals surface area contributed by atoms with Gasteiger partial charge in [-0.3, -0.25) is 0 Å². The van der Waals surface area contributed by atoms with Crippen LogP contribution in [0.3, 0.4) is 0 Å². The molecule has 0 saturated heterocycles. The number of carboxylic acid groups (broad SMARTS) is 1. The lowest BCUT2D eigenvalue weighted by atomic mass is 10.2. The van der Waals surface area contributed by atoms with Crippen LogP contribution in [0.25, 0.3) is 0 Å². The molecular weight excluding hydrogens is 353 g/mol. The zero-order chi connectivity index (χ0) is 15.6. The Bertz CT molecular complexity index is 704. The fourth-order valence-electron chi connectivity index (χ4n) is 1.60. The third-order valence-corrected chi connectivity index (χ3v) is 3.30. The third kappa shape index (κ3) is 3.36. The van der Waals surface area contributed by atoms with Gasteiger partial charge < -0.3 is 9.84 Å². The molecule has 0 aliphatic rings. The molecule has 0 amide bonds. The molecule has 0 atom stereocenters. The van der Waals surface area contributed by atoms with Gasteiger partial charge in [0.25, 0.3) is 0 Å². The Balaban J connectivity index is 2.21. The number of rotatable bonds is 4. The van der Waals surface area contributed by atoms with E-state index in [9.17, 15) is 18.0 Å². The minimum atomic E-state index is -1.29. The van der Waals surface area contributed by atoms with Crippen LogP contribution in [-0.2, 0) is 6.61 Å². The zero-order valence-electron chi connectivity index (χ0n) is 10.4. The molecule has 0 fully saturated rings. The van der Waals surface area contributed by atoms with Gasteiger partial charge in [0, 0.05) is 0 Å². The van der Waals surface area contributed by atoms with Gasteiger partial charge >= 0.3 is 5.97 Å². The van der Waals surface area contributed by atoms with Crippen LogP contribution in [0.4, 0.5) is 13.2 Å². The van der Waals surface area contributed by atoms with E-state index < -0.39 is 30.0 Å². The predicted molar refractivity (Wildman–Crippen MR) is 71.7 cm³/mol. The molecule has 2 rings (SSSR count). The maximum atomic E-state index is 13.7. The van der Waals surface area contributed by atoms with Gasteiger partial charge in [0.15, 0.2) is 11.6 Å². The lowest BCUT2D eigenvalue weighted by Crippen LogP contribution is -2.04. The summed E-state index contributed by atoms with van der Waals surface area (Å²) in [7, 11) is 0. The molecule has 7 heteroatoms. The van der Waals surface area contributed by atoms with Gasteiger partial charge in [0.1, 0.15) is 18.2 Å². The summed E-state index contributed by atoms with van der Waals surface area (Å²) in [5, 5.41) is 8.70. The van der Waals surface area contributed by atoms with Crippen molar-refractivity contribution in [3.63, 3.8) is 0 Å². The molecule has 1 N–H and O–H groups in total. The van der Waals surface area contributed by atoms with Crippen molar-refractivity contribution in [3.8, 4) is 5.75 Å². The fraction of sp³-hybridized carbons (Fsp3) is 0.0714. The molecule has 3 nitrogen and oxygen atoms in total. The van der Waals surface area contributed by atoms with Crippen molar-refractivity contribution in [1.29, 1.82) is 0 Å². The first-order chi connectivity index (χ1) is 9.90. The van der Waals surface area contributed by atoms with E-state index in [1.807, 2.05) is 0 Å². The molecule has 21 heavy (non-hydrogen) atoms. The average Bonchev–Trinajstić information content (AvgIpc) is 2.44. The number of halogens is 4. The normalized spacial score (nSPS) is 10.5. The van der Waals surface area contributed by atoms with Gasteiger partial charge in [-0.2, -0.15) is 0 Å². The molecule has 0 heterocycles. The molecule has 0 bridgehead atoms. The summed E-state index contributed by atoms with van der Waals surface area (Å²) < 4.78 is 45.9. The number of benzene rings is 2. The van der Waals surface area contributed by atoms with Crippen LogP contribution in [0.5, 0.6) is 5.75 Å². The molecule has 2 aromatic rings. The van der Waals surface area contributed by atoms with Crippen LogP contribution in [0, 0.1) is 17.5 Å². The van der Waals surface area contributed by atoms with Gasteiger partial charge in [0.2, 0.25) is 0 Å². The number of ether oxygens (including phenoxy) is 1. The highest BCUT2D eigenvalue weighted by Gasteiger charge is 2.15. The maximum absolute atomic E-state index is 13.7. The van der Waals surface area contributed by atoms with E-state index in [0.29, 0.717) is 0 Å². The predicted octanol–water partition coefficient (Wildman–Crippen LogP) is 4.14. The van der Waals surface area contributed by atoms with Gasteiger partial charge in [-0.05, 0) is 46.3 Å². The minimum Gasteiger partial charge on any atom is -0.486 e. The number of carboxylic acids is 1. The fourth-order valence-corrected chi connectivity index (χ4v) is 1.97. The summed E-state index contributed by atoms with van der Waals surface area (Å²) in [5.41, 5.74) is -0.606. The molecule has 0 radical (unpaired) electrons. The number of hydrogen-bond donors (Lipinski definition) is 1. The Morgan fingerprint density at radius 3 is 2.48 bits per heavy atom. The summed E-state index contributed by atoms with van der Waals surface area (Å²) in [6.07, 6.45) is 0. The SMILES string of the molecule is O=C(O)c1ccc(OCc2c(F)ccc(Br)c2F)c(F)c1. The third-order valence-electron chi connectivity index (χ3n) is 2.69. The van der Waals surface area contributed by atoms with Crippen molar-refractivity contribution in [1.82, 2.24) is 0 Å². The lowest BCUT2D eigenvalue weighted by molar-refractivity contribution is 0.0696. The zero-order valence-corrected chi connectivity index (χ0v) is 12.0. The molecule has 0 unspecified atom stereocenters. The molecular formula is C14H8BrF3O3. The van der Waals surface area contributed by atoms with Gasteiger partial charge in [-0.1, -0.05) is 0 Å². The monoisotopic (exact) mass is 360 g/mol. The first-order valence-electron chi connectivity index (χ1n) is 5.68. The average molecular weight is 361 g/mol. The van der Waals surface area contributed by atoms with Crippen molar-refractivity contribution < 1.29 is 27.8 Å². The Labute approximate surface area is 126 Å². The molecule has 0 aromatic heterocycles. The summed E-state index contributed by atoms with van der Waals surface area (Å²) >= 11 is 2.91. The Kier molecular flexibility index (Phi) is 4.52. The highest BCUT2D eigenvalue weighted by molar-refractivity contribution is 9.10. The van der Waals surface area contributed by atoms with Crippen molar-refractivity contribution in [2.75, 3.05) is 0 Å². The van der Waals surface area contributed by atoms with Crippen molar-refractivity contribution in [2.24, 2.45) is 0 Å². The van der Waals surface area contributed by atoms with E-state index in [0.717, 1.165) is 24.3 Å². The second-order valence-corrected chi connectivity index (χ2v) is 4.92. The first-order valence-corrected chi connectivity index (χ1v) is 6.47. The van der Waals surface area contributed by atoms with E-state index in [1.165, 1.54) is 6.07 Å². The maximum Gasteiger partial charge on any atom is 0.335 e. The second-order valence-electron chi connectivity index (χ2n) is 4.06. The topological polar surface area (TPSA) is 46.5 Å². The number of hydrogen-bond acceptors (Lipinski definition) is 2. The molecule has 0 saturated carbocycles. The van der Waals surface area contributed by atoms with Crippen LogP contribution >= 0.6 is 15.9 Å². The largest absolute Gasteiger partial charge is 0.486 e. The highest BCUT2D eigenvalue weighted by atomic mass is 79.9. The molecule has 0 spiro atoms. The quantitative estimate of drug-likeness (QED) is 0.833. The van der Waals surface area contributed by atoms with Gasteiger partial charge in [-0.25, -0.2) is 18.0 Å². The van der Waals surface area contributed by atoms with E-state index in [2.05, 4.69) is 15.9 Å². The minimum absolute atomic E-state index is 0.0594. The molecule has 2 aromatic carbocycles. The summed E-state index contributed by atoms with van der Waals surface area (Å²) in [4.78, 5) is 10.7. The number of aromatic carboxylic acids is 1. The molecule has 0 aliphatic carbocycles. The van der Waals surface area contributed by atoms with Gasteiger partial charge in [0.05, 0.1) is 15.6 Å². The Hall–Kier alpha value is -2.02. The second kappa shape index (κ2) is 6.17. The Morgan fingerprint density at radius 2 is 1.86 bits per heavy atom. The highest BCUT2D eigenvalue weighted by Crippen LogP contribution is 2.24. The molecule has 110 valence electrons. The van der Waals surface area contributed by atoms with Gasteiger partial charge in [-0.15, -0.1) is 0 Å². The van der Waals surface area contributed by atoms with Crippen LogP contribution in [-0.4, -0.2) is 11.1 Å². The summed E-state index contributed by atoms with van der Waals surface area (Å²) in [6.45, 7) is -0.527. The standard InChI is InChI=1S/C14H8BrF3O3/c15-9-2-3-10(16)8(13(9)18)6-21-12-4-1-7(14(19)20)5-11(12)17/h1-5H,6H2,(H,19,20). The molecule has 0 aliphatic heterocycles. The smallest absolute Gasteiger partial charge is 0.335 e. The summed E-state index contributed by atoms with van der Waals surface area (Å²) in [5.74, 6) is -4.16. The van der Waals surface area contributed by atoms with Crippen LogP contribution in [0.15, 0.2) is 34.8 Å². The summed E-state index contributed by atoms with van der Waals surface area (Å²) in [6, 6.07) is 5.25. The van der Waals surface area contributed by atoms with Crippen molar-refractivity contribution in [3.05, 3.63) is 63.4 Å². The van der Waals surface area contributed by atoms with E-state index in [-0.39, 0.29) is 21.3 Å². The number of carbonyl (C=O) groups is 1. The first kappa shape index (κ1) is 15.4. The Morgan fingerprint density at radius 1 is 1.14 bits per heavy atom. The van der Waals surface area contributed by atoms with Crippen molar-refractivity contribution >= 4 is 21.9 Å². The van der Waals surface area contributed by atoms with E-state index in [4.69, 9.17) is 9.84 Å².